The van der Waals surface area contributed by atoms with E-state index >= 15 is 0 Å². The third kappa shape index (κ3) is 4.85. The molecule has 1 aromatic carbocycles. The van der Waals surface area contributed by atoms with Crippen LogP contribution in [0.4, 0.5) is 0 Å². The minimum atomic E-state index is -1.51. The zero-order chi connectivity index (χ0) is 23.3. The zero-order valence-electron chi connectivity index (χ0n) is 17.4. The highest BCUT2D eigenvalue weighted by atomic mass is 16.5. The normalized spacial score (nSPS) is 18.6. The van der Waals surface area contributed by atoms with Crippen LogP contribution in [-0.4, -0.2) is 51.0 Å². The summed E-state index contributed by atoms with van der Waals surface area (Å²) < 4.78 is 5.46. The van der Waals surface area contributed by atoms with Crippen LogP contribution in [0.3, 0.4) is 0 Å². The van der Waals surface area contributed by atoms with Gasteiger partial charge in [-0.15, -0.1) is 0 Å². The maximum atomic E-state index is 12.9. The first-order chi connectivity index (χ1) is 15.3. The quantitative estimate of drug-likeness (QED) is 0.204. The number of carbonyl (C=O) groups is 1. The number of carbonyl (C=O) groups excluding carboxylic acids is 1. The van der Waals surface area contributed by atoms with Crippen LogP contribution >= 0.6 is 0 Å². The number of amidine groups is 1. The third-order valence-electron chi connectivity index (χ3n) is 4.82. The molecule has 2 heterocycles. The van der Waals surface area contributed by atoms with Gasteiger partial charge in [0.25, 0.3) is 11.5 Å². The van der Waals surface area contributed by atoms with Gasteiger partial charge in [-0.25, -0.2) is 0 Å². The van der Waals surface area contributed by atoms with Crippen molar-refractivity contribution in [3.8, 4) is 0 Å². The molecule has 11 heteroatoms. The Bertz CT molecular complexity index is 1170. The molecule has 0 aliphatic carbocycles. The minimum absolute atomic E-state index is 0.0819. The fourth-order valence-corrected chi connectivity index (χ4v) is 3.20. The summed E-state index contributed by atoms with van der Waals surface area (Å²) in [4.78, 5) is 33.2. The number of H-pyrrole nitrogens is 1. The molecule has 1 amide bonds. The van der Waals surface area contributed by atoms with Crippen molar-refractivity contribution in [1.82, 2.24) is 20.2 Å². The number of hydrogen-bond acceptors (Lipinski definition) is 9. The van der Waals surface area contributed by atoms with Crippen LogP contribution in [0, 0.1) is 12.3 Å². The van der Waals surface area contributed by atoms with E-state index in [0.29, 0.717) is 16.6 Å². The van der Waals surface area contributed by atoms with Gasteiger partial charge in [-0.2, -0.15) is 4.98 Å². The molecular formula is C21H25N7O4. The molecule has 1 saturated heterocycles. The average molecular weight is 439 g/mol. The summed E-state index contributed by atoms with van der Waals surface area (Å²) in [5.74, 6) is -0.824. The zero-order valence-corrected chi connectivity index (χ0v) is 17.4. The number of aromatic nitrogens is 2. The molecule has 0 bridgehead atoms. The van der Waals surface area contributed by atoms with Crippen molar-refractivity contribution in [1.29, 1.82) is 5.41 Å². The number of allylic oxidation sites excluding steroid dienone is 1. The Morgan fingerprint density at radius 1 is 1.41 bits per heavy atom. The molecule has 1 aromatic heterocycles. The molecule has 2 unspecified atom stereocenters. The number of ether oxygens (including phenoxy) is 1. The molecule has 2 aromatic rings. The average Bonchev–Trinajstić information content (AvgIpc) is 2.78. The smallest absolute Gasteiger partial charge is 0.280 e. The molecular weight excluding hydrogens is 414 g/mol. The lowest BCUT2D eigenvalue weighted by Crippen LogP contribution is -2.52. The maximum Gasteiger partial charge on any atom is 0.280 e. The molecule has 168 valence electrons. The fraction of sp³-hybridized carbons (Fsp3) is 0.238. The Morgan fingerprint density at radius 3 is 2.91 bits per heavy atom. The van der Waals surface area contributed by atoms with Crippen molar-refractivity contribution in [2.24, 2.45) is 11.5 Å². The van der Waals surface area contributed by atoms with Crippen LogP contribution in [-0.2, 0) is 9.53 Å². The van der Waals surface area contributed by atoms with E-state index in [1.54, 1.807) is 12.1 Å². The first kappa shape index (κ1) is 22.7. The highest BCUT2D eigenvalue weighted by molar-refractivity contribution is 6.04. The van der Waals surface area contributed by atoms with Crippen LogP contribution in [0.2, 0.25) is 0 Å². The first-order valence-electron chi connectivity index (χ1n) is 9.79. The lowest BCUT2D eigenvalue weighted by atomic mass is 10.1. The van der Waals surface area contributed by atoms with Gasteiger partial charge in [0, 0.05) is 12.4 Å². The van der Waals surface area contributed by atoms with Gasteiger partial charge in [0.1, 0.15) is 17.8 Å². The topological polar surface area (TPSA) is 183 Å². The van der Waals surface area contributed by atoms with Crippen molar-refractivity contribution in [3.05, 3.63) is 76.4 Å². The maximum absolute atomic E-state index is 12.9. The first-order valence-corrected chi connectivity index (χ1v) is 9.79. The number of aliphatic hydroxyl groups is 1. The third-order valence-corrected chi connectivity index (χ3v) is 4.82. The second-order valence-corrected chi connectivity index (χ2v) is 7.05. The van der Waals surface area contributed by atoms with E-state index in [9.17, 15) is 14.7 Å². The standard InChI is InChI=1S/C21H25N7O4/c1-12-2-3-15-14(10-12)20(30)27-19(26-15)17(29)18-21(31)28(8-9-32-18)16(24)5-7-25-13(11-23)4-6-22/h2-7,10-11,17-18,24-25,29H,8-9,22-23H2,1H3,(H,26,27,30)/b6-4-,7-5-,13-11+,24-16?. The van der Waals surface area contributed by atoms with Crippen molar-refractivity contribution >= 4 is 22.6 Å². The number of hydrogen-bond donors (Lipinski definition) is 6. The predicted octanol–water partition coefficient (Wildman–Crippen LogP) is -0.155. The summed E-state index contributed by atoms with van der Waals surface area (Å²) in [7, 11) is 0. The van der Waals surface area contributed by atoms with E-state index in [1.165, 1.54) is 35.7 Å². The van der Waals surface area contributed by atoms with Gasteiger partial charge in [-0.3, -0.25) is 19.9 Å². The molecule has 0 radical (unpaired) electrons. The summed E-state index contributed by atoms with van der Waals surface area (Å²) in [6.45, 7) is 2.08. The van der Waals surface area contributed by atoms with Gasteiger partial charge >= 0.3 is 0 Å². The number of fused-ring (bicyclic) bond motifs is 1. The summed E-state index contributed by atoms with van der Waals surface area (Å²) in [6, 6.07) is 5.21. The lowest BCUT2D eigenvalue weighted by molar-refractivity contribution is -0.157. The lowest BCUT2D eigenvalue weighted by Gasteiger charge is -2.33. The van der Waals surface area contributed by atoms with Crippen molar-refractivity contribution in [3.63, 3.8) is 0 Å². The fourth-order valence-electron chi connectivity index (χ4n) is 3.20. The summed E-state index contributed by atoms with van der Waals surface area (Å²) in [5, 5.41) is 22.1. The molecule has 0 spiro atoms. The number of rotatable bonds is 6. The Labute approximate surface area is 183 Å². The predicted molar refractivity (Wildman–Crippen MR) is 119 cm³/mol. The highest BCUT2D eigenvalue weighted by Crippen LogP contribution is 2.22. The summed E-state index contributed by atoms with van der Waals surface area (Å²) in [5.41, 5.74) is 12.1. The molecule has 11 nitrogen and oxygen atoms in total. The molecule has 32 heavy (non-hydrogen) atoms. The van der Waals surface area contributed by atoms with Gasteiger partial charge in [-0.05, 0) is 37.4 Å². The van der Waals surface area contributed by atoms with Gasteiger partial charge in [0.05, 0.1) is 29.8 Å². The second kappa shape index (κ2) is 9.90. The minimum Gasteiger partial charge on any atom is -0.405 e. The highest BCUT2D eigenvalue weighted by Gasteiger charge is 2.38. The molecule has 1 aliphatic rings. The number of morpholine rings is 1. The van der Waals surface area contributed by atoms with Crippen molar-refractivity contribution in [2.45, 2.75) is 19.1 Å². The van der Waals surface area contributed by atoms with Crippen molar-refractivity contribution in [2.75, 3.05) is 13.2 Å². The van der Waals surface area contributed by atoms with Gasteiger partial charge in [0.15, 0.2) is 6.10 Å². The SMILES string of the molecule is Cc1ccc2[nH]c(C(O)C3OCCN(C(=N)/C=C\NC(/C=C\N)=C/N)C3=O)nc(=O)c2c1. The van der Waals surface area contributed by atoms with Gasteiger partial charge in [0.2, 0.25) is 0 Å². The van der Waals surface area contributed by atoms with Crippen LogP contribution in [0.1, 0.15) is 17.5 Å². The molecule has 1 aliphatic heterocycles. The monoisotopic (exact) mass is 439 g/mol. The molecule has 0 saturated carbocycles. The second-order valence-electron chi connectivity index (χ2n) is 7.05. The number of aliphatic hydroxyl groups excluding tert-OH is 1. The molecule has 3 rings (SSSR count). The van der Waals surface area contributed by atoms with Gasteiger partial charge in [-0.1, -0.05) is 11.6 Å². The van der Waals surface area contributed by atoms with E-state index in [1.807, 2.05) is 13.0 Å². The van der Waals surface area contributed by atoms with E-state index in [2.05, 4.69) is 15.3 Å². The van der Waals surface area contributed by atoms with Crippen molar-refractivity contribution < 1.29 is 14.6 Å². The summed E-state index contributed by atoms with van der Waals surface area (Å²) in [6.07, 6.45) is 4.07. The van der Waals surface area contributed by atoms with Crippen LogP contribution < -0.4 is 22.3 Å². The van der Waals surface area contributed by atoms with E-state index in [4.69, 9.17) is 21.6 Å². The van der Waals surface area contributed by atoms with E-state index < -0.39 is 23.7 Å². The molecule has 2 atom stereocenters. The number of nitrogens with zero attached hydrogens (tertiary/aromatic N) is 2. The number of amides is 1. The van der Waals surface area contributed by atoms with Gasteiger partial charge < -0.3 is 31.6 Å². The molecule has 8 N–H and O–H groups in total. The molecule has 1 fully saturated rings. The van der Waals surface area contributed by atoms with Crippen LogP contribution in [0.15, 0.2) is 59.4 Å². The number of nitrogens with one attached hydrogen (secondary N) is 3. The van der Waals surface area contributed by atoms with Crippen LogP contribution in [0.5, 0.6) is 0 Å². The number of benzene rings is 1. The van der Waals surface area contributed by atoms with E-state index in [0.717, 1.165) is 5.56 Å². The largest absolute Gasteiger partial charge is 0.405 e. The Hall–Kier alpha value is -3.96. The number of aromatic amines is 1. The Morgan fingerprint density at radius 2 is 2.19 bits per heavy atom. The summed E-state index contributed by atoms with van der Waals surface area (Å²) >= 11 is 0. The Balaban J connectivity index is 1.77. The Kier molecular flexibility index (Phi) is 7.03. The number of nitrogens with two attached hydrogens (primary N) is 2. The van der Waals surface area contributed by atoms with Crippen LogP contribution in [0.25, 0.3) is 10.9 Å². The van der Waals surface area contributed by atoms with E-state index in [-0.39, 0.29) is 24.8 Å². The number of aryl methyl sites for hydroxylation is 1.